The summed E-state index contributed by atoms with van der Waals surface area (Å²) in [6, 6.07) is 5.06. The van der Waals surface area contributed by atoms with Gasteiger partial charge in [-0.25, -0.2) is 0 Å². The Bertz CT molecular complexity index is 291. The first kappa shape index (κ1) is 9.57. The molecule has 0 unspecified atom stereocenters. The molecule has 0 aliphatic carbocycles. The second kappa shape index (κ2) is 3.47. The van der Waals surface area contributed by atoms with Crippen LogP contribution in [0.15, 0.2) is 24.3 Å². The van der Waals surface area contributed by atoms with Crippen LogP contribution in [-0.2, 0) is 0 Å². The van der Waals surface area contributed by atoms with E-state index in [1.54, 1.807) is 0 Å². The average molecular weight is 189 g/mol. The molecule has 1 aromatic carbocycles. The van der Waals surface area contributed by atoms with Crippen LogP contribution in [0, 0.1) is 5.41 Å². The molecule has 0 aliphatic heterocycles. The van der Waals surface area contributed by atoms with Gasteiger partial charge in [0.05, 0.1) is 0 Å². The van der Waals surface area contributed by atoms with Gasteiger partial charge in [0, 0.05) is 6.21 Å². The standard InChI is InChI=1S/C8H6F3NO/c9-8(10,11)13-7-3-1-6(5-12)2-4-7/h1-5,12H. The molecular formula is C8H6F3NO. The van der Waals surface area contributed by atoms with Crippen molar-refractivity contribution in [2.45, 2.75) is 6.36 Å². The van der Waals surface area contributed by atoms with Gasteiger partial charge in [0.25, 0.3) is 0 Å². The van der Waals surface area contributed by atoms with Crippen LogP contribution in [0.1, 0.15) is 5.56 Å². The summed E-state index contributed by atoms with van der Waals surface area (Å²) < 4.78 is 38.6. The third-order valence-corrected chi connectivity index (χ3v) is 1.28. The predicted octanol–water partition coefficient (Wildman–Crippen LogP) is 2.58. The molecule has 0 heterocycles. The molecule has 0 radical (unpaired) electrons. The molecule has 13 heavy (non-hydrogen) atoms. The molecule has 0 saturated carbocycles. The minimum atomic E-state index is -4.66. The Hall–Kier alpha value is -1.52. The number of nitrogens with one attached hydrogen (secondary N) is 1. The Balaban J connectivity index is 2.75. The quantitative estimate of drug-likeness (QED) is 0.712. The van der Waals surface area contributed by atoms with Crippen molar-refractivity contribution in [3.05, 3.63) is 29.8 Å². The van der Waals surface area contributed by atoms with Crippen molar-refractivity contribution in [1.29, 1.82) is 5.41 Å². The minimum Gasteiger partial charge on any atom is -0.406 e. The van der Waals surface area contributed by atoms with Gasteiger partial charge in [-0.3, -0.25) is 0 Å². The molecule has 0 amide bonds. The molecule has 1 N–H and O–H groups in total. The highest BCUT2D eigenvalue weighted by Crippen LogP contribution is 2.22. The van der Waals surface area contributed by atoms with Gasteiger partial charge in [-0.15, -0.1) is 13.2 Å². The van der Waals surface area contributed by atoms with Crippen molar-refractivity contribution in [3.8, 4) is 5.75 Å². The van der Waals surface area contributed by atoms with Crippen LogP contribution in [0.4, 0.5) is 13.2 Å². The maximum atomic E-state index is 11.7. The van der Waals surface area contributed by atoms with Crippen molar-refractivity contribution in [3.63, 3.8) is 0 Å². The Morgan fingerprint density at radius 1 is 1.15 bits per heavy atom. The first-order valence-electron chi connectivity index (χ1n) is 3.37. The van der Waals surface area contributed by atoms with Crippen molar-refractivity contribution >= 4 is 6.21 Å². The highest BCUT2D eigenvalue weighted by Gasteiger charge is 2.30. The van der Waals surface area contributed by atoms with Crippen LogP contribution in [0.5, 0.6) is 5.75 Å². The number of alkyl halides is 3. The van der Waals surface area contributed by atoms with Gasteiger partial charge in [-0.2, -0.15) is 0 Å². The third kappa shape index (κ3) is 3.14. The molecular weight excluding hydrogens is 183 g/mol. The van der Waals surface area contributed by atoms with Crippen LogP contribution in [0.3, 0.4) is 0 Å². The zero-order valence-corrected chi connectivity index (χ0v) is 6.43. The average Bonchev–Trinajstić information content (AvgIpc) is 2.03. The molecule has 5 heteroatoms. The van der Waals surface area contributed by atoms with Crippen LogP contribution >= 0.6 is 0 Å². The lowest BCUT2D eigenvalue weighted by Gasteiger charge is -2.08. The normalized spacial score (nSPS) is 11.0. The number of benzene rings is 1. The molecule has 0 atom stereocenters. The first-order valence-corrected chi connectivity index (χ1v) is 3.37. The number of halogens is 3. The smallest absolute Gasteiger partial charge is 0.406 e. The molecule has 0 aromatic heterocycles. The van der Waals surface area contributed by atoms with Gasteiger partial charge in [0.2, 0.25) is 0 Å². The zero-order chi connectivity index (χ0) is 9.90. The molecule has 0 bridgehead atoms. The molecule has 70 valence electrons. The summed E-state index contributed by atoms with van der Waals surface area (Å²) in [5, 5.41) is 6.81. The van der Waals surface area contributed by atoms with Gasteiger partial charge in [-0.1, -0.05) is 0 Å². The Kier molecular flexibility index (Phi) is 2.55. The van der Waals surface area contributed by atoms with E-state index in [4.69, 9.17) is 5.41 Å². The Morgan fingerprint density at radius 2 is 1.69 bits per heavy atom. The van der Waals surface area contributed by atoms with E-state index in [2.05, 4.69) is 4.74 Å². The molecule has 0 spiro atoms. The first-order chi connectivity index (χ1) is 6.01. The molecule has 0 saturated heterocycles. The fraction of sp³-hybridized carbons (Fsp3) is 0.125. The summed E-state index contributed by atoms with van der Waals surface area (Å²) in [6.45, 7) is 0. The SMILES string of the molecule is N=Cc1ccc(OC(F)(F)F)cc1. The van der Waals surface area contributed by atoms with E-state index in [0.717, 1.165) is 18.3 Å². The Morgan fingerprint density at radius 3 is 2.08 bits per heavy atom. The van der Waals surface area contributed by atoms with Gasteiger partial charge in [-0.05, 0) is 29.8 Å². The topological polar surface area (TPSA) is 33.1 Å². The largest absolute Gasteiger partial charge is 0.573 e. The van der Waals surface area contributed by atoms with Crippen LogP contribution in [0.25, 0.3) is 0 Å². The lowest BCUT2D eigenvalue weighted by molar-refractivity contribution is -0.274. The summed E-state index contributed by atoms with van der Waals surface area (Å²) >= 11 is 0. The maximum absolute atomic E-state index is 11.7. The number of rotatable bonds is 2. The van der Waals surface area contributed by atoms with E-state index in [1.807, 2.05) is 0 Å². The van der Waals surface area contributed by atoms with Gasteiger partial charge in [0.15, 0.2) is 0 Å². The van der Waals surface area contributed by atoms with E-state index >= 15 is 0 Å². The van der Waals surface area contributed by atoms with Crippen LogP contribution in [0.2, 0.25) is 0 Å². The fourth-order valence-electron chi connectivity index (χ4n) is 0.766. The minimum absolute atomic E-state index is 0.280. The molecule has 1 aromatic rings. The van der Waals surface area contributed by atoms with E-state index in [9.17, 15) is 13.2 Å². The maximum Gasteiger partial charge on any atom is 0.573 e. The number of ether oxygens (including phenoxy) is 1. The molecule has 1 rings (SSSR count). The number of hydrogen-bond acceptors (Lipinski definition) is 2. The monoisotopic (exact) mass is 189 g/mol. The van der Waals surface area contributed by atoms with Crippen molar-refractivity contribution < 1.29 is 17.9 Å². The molecule has 2 nitrogen and oxygen atoms in total. The summed E-state index contributed by atoms with van der Waals surface area (Å²) in [7, 11) is 0. The second-order valence-electron chi connectivity index (χ2n) is 2.26. The van der Waals surface area contributed by atoms with Crippen molar-refractivity contribution in [2.24, 2.45) is 0 Å². The predicted molar refractivity (Wildman–Crippen MR) is 41.0 cm³/mol. The lowest BCUT2D eigenvalue weighted by atomic mass is 10.2. The second-order valence-corrected chi connectivity index (χ2v) is 2.26. The van der Waals surface area contributed by atoms with Crippen molar-refractivity contribution in [1.82, 2.24) is 0 Å². The lowest BCUT2D eigenvalue weighted by Crippen LogP contribution is -2.16. The van der Waals surface area contributed by atoms with Gasteiger partial charge < -0.3 is 10.1 Å². The summed E-state index contributed by atoms with van der Waals surface area (Å²) in [5.41, 5.74) is 0.523. The third-order valence-electron chi connectivity index (χ3n) is 1.28. The molecule has 0 fully saturated rings. The van der Waals surface area contributed by atoms with E-state index in [0.29, 0.717) is 5.56 Å². The van der Waals surface area contributed by atoms with Crippen LogP contribution in [-0.4, -0.2) is 12.6 Å². The zero-order valence-electron chi connectivity index (χ0n) is 6.43. The molecule has 0 aliphatic rings. The van der Waals surface area contributed by atoms with E-state index in [1.165, 1.54) is 12.1 Å². The Labute approximate surface area is 72.5 Å². The van der Waals surface area contributed by atoms with Gasteiger partial charge in [0.1, 0.15) is 5.75 Å². The van der Waals surface area contributed by atoms with Crippen molar-refractivity contribution in [2.75, 3.05) is 0 Å². The van der Waals surface area contributed by atoms with E-state index < -0.39 is 6.36 Å². The van der Waals surface area contributed by atoms with E-state index in [-0.39, 0.29) is 5.75 Å². The van der Waals surface area contributed by atoms with Crippen LogP contribution < -0.4 is 4.74 Å². The summed E-state index contributed by atoms with van der Waals surface area (Å²) in [6.07, 6.45) is -3.62. The fourth-order valence-corrected chi connectivity index (χ4v) is 0.766. The highest BCUT2D eigenvalue weighted by atomic mass is 19.4. The summed E-state index contributed by atoms with van der Waals surface area (Å²) in [5.74, 6) is -0.280. The van der Waals surface area contributed by atoms with Gasteiger partial charge >= 0.3 is 6.36 Å². The highest BCUT2D eigenvalue weighted by molar-refractivity contribution is 5.76. The summed E-state index contributed by atoms with van der Waals surface area (Å²) in [4.78, 5) is 0. The number of hydrogen-bond donors (Lipinski definition) is 1.